The fraction of sp³-hybridized carbons (Fsp3) is 0.429. The largest absolute Gasteiger partial charge is 0.408 e. The minimum absolute atomic E-state index is 0.0613. The molecule has 148 valence electrons. The molecule has 2 rings (SSSR count). The Hall–Kier alpha value is -2.37. The smallest absolute Gasteiger partial charge is 0.343 e. The molecule has 2 aromatic heterocycles. The van der Waals surface area contributed by atoms with Gasteiger partial charge in [0.2, 0.25) is 11.9 Å². The fourth-order valence-corrected chi connectivity index (χ4v) is 1.81. The molecule has 13 heteroatoms. The number of hydrogen-bond donors (Lipinski definition) is 2. The van der Waals surface area contributed by atoms with Crippen molar-refractivity contribution < 1.29 is 27.7 Å². The molecule has 2 aromatic rings. The van der Waals surface area contributed by atoms with Crippen LogP contribution in [0.4, 0.5) is 38.2 Å². The zero-order valence-electron chi connectivity index (χ0n) is 14.7. The molecule has 2 N–H and O–H groups in total. The number of halogens is 7. The first kappa shape index (κ1) is 19.4. The minimum Gasteiger partial charge on any atom is -0.343 e. The maximum atomic E-state index is 12.8. The Kier molecular flexibility index (Phi) is 5.53. The summed E-state index contributed by atoms with van der Waals surface area (Å²) in [7, 11) is 0. The molecule has 0 amide bonds. The van der Waals surface area contributed by atoms with Crippen molar-refractivity contribution in [3.63, 3.8) is 0 Å². The zero-order chi connectivity index (χ0) is 21.3. The molecule has 0 aliphatic heterocycles. The fourth-order valence-electron chi connectivity index (χ4n) is 1.66. The molecule has 0 unspecified atom stereocenters. The molecule has 27 heavy (non-hydrogen) atoms. The molecule has 0 aliphatic rings. The highest BCUT2D eigenvalue weighted by molar-refractivity contribution is 6.29. The summed E-state index contributed by atoms with van der Waals surface area (Å²) in [6, 6.07) is -1.82. The van der Waals surface area contributed by atoms with Gasteiger partial charge in [0.15, 0.2) is 5.82 Å². The number of aromatic nitrogens is 4. The van der Waals surface area contributed by atoms with Gasteiger partial charge in [-0.3, -0.25) is 0 Å². The van der Waals surface area contributed by atoms with E-state index in [1.165, 1.54) is 12.1 Å². The monoisotopic (exact) mass is 415 g/mol. The van der Waals surface area contributed by atoms with Crippen LogP contribution in [0.15, 0.2) is 18.2 Å². The van der Waals surface area contributed by atoms with Crippen LogP contribution >= 0.6 is 11.6 Å². The van der Waals surface area contributed by atoms with Crippen molar-refractivity contribution in [2.75, 3.05) is 10.6 Å². The molecule has 0 saturated carbocycles. The molecule has 0 radical (unpaired) electrons. The Morgan fingerprint density at radius 1 is 0.926 bits per heavy atom. The van der Waals surface area contributed by atoms with E-state index in [0.717, 1.165) is 13.8 Å². The first-order valence-electron chi connectivity index (χ1n) is 7.83. The average molecular weight is 416 g/mol. The van der Waals surface area contributed by atoms with Gasteiger partial charge in [-0.15, -0.1) is 0 Å². The van der Waals surface area contributed by atoms with E-state index in [2.05, 4.69) is 19.9 Å². The van der Waals surface area contributed by atoms with Gasteiger partial charge < -0.3 is 10.6 Å². The van der Waals surface area contributed by atoms with Crippen LogP contribution < -0.4 is 10.6 Å². The molecule has 0 spiro atoms. The summed E-state index contributed by atoms with van der Waals surface area (Å²) in [5, 5.41) is 3.69. The van der Waals surface area contributed by atoms with Gasteiger partial charge in [0.05, 0.1) is 1.37 Å². The highest BCUT2D eigenvalue weighted by Gasteiger charge is 2.38. The number of nitrogens with one attached hydrogen (secondary N) is 2. The van der Waals surface area contributed by atoms with Gasteiger partial charge in [-0.2, -0.15) is 41.3 Å². The van der Waals surface area contributed by atoms with E-state index < -0.39 is 36.3 Å². The second kappa shape index (κ2) is 7.71. The third-order valence-corrected chi connectivity index (χ3v) is 3.39. The van der Waals surface area contributed by atoms with E-state index in [9.17, 15) is 26.3 Å². The van der Waals surface area contributed by atoms with Gasteiger partial charge in [-0.25, -0.2) is 4.98 Å². The Bertz CT molecular complexity index is 806. The predicted molar refractivity (Wildman–Crippen MR) is 86.3 cm³/mol. The lowest BCUT2D eigenvalue weighted by atomic mass is 10.3. The van der Waals surface area contributed by atoms with Crippen molar-refractivity contribution in [1.82, 2.24) is 19.9 Å². The number of alkyl halides is 6. The van der Waals surface area contributed by atoms with Crippen molar-refractivity contribution in [3.05, 3.63) is 23.3 Å². The lowest BCUT2D eigenvalue weighted by Crippen LogP contribution is -2.35. The van der Waals surface area contributed by atoms with Gasteiger partial charge in [-0.1, -0.05) is 17.7 Å². The third kappa shape index (κ3) is 5.81. The van der Waals surface area contributed by atoms with Crippen molar-refractivity contribution >= 4 is 23.5 Å². The van der Waals surface area contributed by atoms with Gasteiger partial charge in [0.25, 0.3) is 0 Å². The summed E-state index contributed by atoms with van der Waals surface area (Å²) in [5.41, 5.74) is -0.0613. The topological polar surface area (TPSA) is 75.6 Å². The summed E-state index contributed by atoms with van der Waals surface area (Å²) in [6.45, 7) is 1.58. The first-order chi connectivity index (χ1) is 12.8. The lowest BCUT2D eigenvalue weighted by molar-refractivity contribution is -0.139. The third-order valence-electron chi connectivity index (χ3n) is 3.20. The highest BCUT2D eigenvalue weighted by atomic mass is 35.5. The van der Waals surface area contributed by atoms with Gasteiger partial charge >= 0.3 is 12.4 Å². The normalized spacial score (nSPS) is 15.1. The van der Waals surface area contributed by atoms with Crippen LogP contribution in [0, 0.1) is 0 Å². The number of hydrogen-bond acceptors (Lipinski definition) is 6. The average Bonchev–Trinajstić information content (AvgIpc) is 2.55. The van der Waals surface area contributed by atoms with Crippen LogP contribution in [0.5, 0.6) is 0 Å². The summed E-state index contributed by atoms with van der Waals surface area (Å²) in [6.07, 6.45) is -9.29. The summed E-state index contributed by atoms with van der Waals surface area (Å²) < 4.78 is 84.1. The second-order valence-corrected chi connectivity index (χ2v) is 5.75. The van der Waals surface area contributed by atoms with Crippen molar-refractivity contribution in [2.24, 2.45) is 0 Å². The SMILES string of the molecule is [2H]c1ccc(-c2nc(N[C@H](C)C(F)(F)F)nc(N[C@H](C)C(F)(F)F)n2)nc1Cl. The molecule has 0 aromatic carbocycles. The molecular formula is C14H13ClF6N6. The Morgan fingerprint density at radius 3 is 1.81 bits per heavy atom. The number of pyridine rings is 1. The minimum atomic E-state index is -4.64. The van der Waals surface area contributed by atoms with E-state index in [-0.39, 0.29) is 22.7 Å². The van der Waals surface area contributed by atoms with Crippen molar-refractivity contribution in [2.45, 2.75) is 38.3 Å². The standard InChI is InChI=1S/C14H13ClF6N6/c1-6(13(16,17)18)22-11-25-10(8-4-3-5-9(15)24-8)26-12(27-11)23-7(2)14(19,20)21/h3-7H,1-2H3,(H2,22,23,25,26,27)/t6-,7-/m1/s1/i5D. The van der Waals surface area contributed by atoms with Crippen LogP contribution in [-0.2, 0) is 0 Å². The molecule has 0 fully saturated rings. The Morgan fingerprint density at radius 2 is 1.41 bits per heavy atom. The van der Waals surface area contributed by atoms with Crippen molar-refractivity contribution in [3.8, 4) is 11.5 Å². The van der Waals surface area contributed by atoms with E-state index in [0.29, 0.717) is 0 Å². The zero-order valence-corrected chi connectivity index (χ0v) is 14.5. The van der Waals surface area contributed by atoms with Gasteiger partial charge in [0.1, 0.15) is 22.9 Å². The summed E-state index contributed by atoms with van der Waals surface area (Å²) in [4.78, 5) is 14.9. The van der Waals surface area contributed by atoms with E-state index >= 15 is 0 Å². The molecule has 2 atom stereocenters. The molecule has 2 heterocycles. The van der Waals surface area contributed by atoms with Crippen LogP contribution in [0.1, 0.15) is 15.2 Å². The predicted octanol–water partition coefficient (Wildman–Crippen LogP) is 4.31. The highest BCUT2D eigenvalue weighted by Crippen LogP contribution is 2.26. The van der Waals surface area contributed by atoms with Crippen LogP contribution in [-0.4, -0.2) is 44.4 Å². The molecule has 0 saturated heterocycles. The first-order valence-corrected chi connectivity index (χ1v) is 7.71. The van der Waals surface area contributed by atoms with Crippen LogP contribution in [0.3, 0.4) is 0 Å². The van der Waals surface area contributed by atoms with Crippen LogP contribution in [0.25, 0.3) is 11.5 Å². The van der Waals surface area contributed by atoms with Crippen molar-refractivity contribution in [1.29, 1.82) is 0 Å². The molecular weight excluding hydrogens is 402 g/mol. The van der Waals surface area contributed by atoms with E-state index in [1.54, 1.807) is 0 Å². The van der Waals surface area contributed by atoms with E-state index in [4.69, 9.17) is 13.0 Å². The number of anilines is 2. The molecule has 0 bridgehead atoms. The second-order valence-electron chi connectivity index (χ2n) is 5.39. The summed E-state index contributed by atoms with van der Waals surface area (Å²) in [5.74, 6) is -1.55. The Balaban J connectivity index is 2.47. The number of rotatable bonds is 5. The lowest BCUT2D eigenvalue weighted by Gasteiger charge is -2.20. The maximum Gasteiger partial charge on any atom is 0.408 e. The van der Waals surface area contributed by atoms with Gasteiger partial charge in [-0.05, 0) is 26.0 Å². The number of nitrogens with zero attached hydrogens (tertiary/aromatic N) is 4. The van der Waals surface area contributed by atoms with E-state index in [1.807, 2.05) is 10.6 Å². The molecule has 0 aliphatic carbocycles. The summed E-state index contributed by atoms with van der Waals surface area (Å²) >= 11 is 5.73. The quantitative estimate of drug-likeness (QED) is 0.560. The molecule has 6 nitrogen and oxygen atoms in total. The Labute approximate surface area is 155 Å². The van der Waals surface area contributed by atoms with Gasteiger partial charge in [0, 0.05) is 0 Å². The maximum absolute atomic E-state index is 12.8. The van der Waals surface area contributed by atoms with Crippen LogP contribution in [0.2, 0.25) is 5.15 Å².